The Labute approximate surface area is 109 Å². The van der Waals surface area contributed by atoms with Crippen molar-refractivity contribution in [3.05, 3.63) is 34.1 Å². The minimum atomic E-state index is -0.388. The van der Waals surface area contributed by atoms with Crippen LogP contribution < -0.4 is 0 Å². The standard InChI is InChI=1S/C13H15BrFNO/c1-9-5-7-16(8-6-9)13(17)10-3-2-4-11(15)12(10)14/h2-4,9H,5-8H2,1H3. The van der Waals surface area contributed by atoms with Gasteiger partial charge in [-0.3, -0.25) is 4.79 Å². The summed E-state index contributed by atoms with van der Waals surface area (Å²) < 4.78 is 13.6. The van der Waals surface area contributed by atoms with Crippen molar-refractivity contribution in [2.45, 2.75) is 19.8 Å². The third-order valence-corrected chi connectivity index (χ3v) is 4.06. The summed E-state index contributed by atoms with van der Waals surface area (Å²) in [5.74, 6) is 0.208. The van der Waals surface area contributed by atoms with Gasteiger partial charge in [-0.2, -0.15) is 0 Å². The molecule has 1 aromatic carbocycles. The van der Waals surface area contributed by atoms with Gasteiger partial charge < -0.3 is 4.90 Å². The van der Waals surface area contributed by atoms with Crippen LogP contribution in [0.1, 0.15) is 30.1 Å². The maximum Gasteiger partial charge on any atom is 0.255 e. The first-order chi connectivity index (χ1) is 8.09. The largest absolute Gasteiger partial charge is 0.339 e. The normalized spacial score (nSPS) is 17.2. The third-order valence-electron chi connectivity index (χ3n) is 3.25. The molecule has 17 heavy (non-hydrogen) atoms. The fourth-order valence-corrected chi connectivity index (χ4v) is 2.48. The summed E-state index contributed by atoms with van der Waals surface area (Å²) in [6.07, 6.45) is 2.05. The van der Waals surface area contributed by atoms with E-state index in [2.05, 4.69) is 22.9 Å². The molecular formula is C13H15BrFNO. The molecular weight excluding hydrogens is 285 g/mol. The average molecular weight is 300 g/mol. The zero-order valence-electron chi connectivity index (χ0n) is 9.75. The average Bonchev–Trinajstić information content (AvgIpc) is 2.33. The lowest BCUT2D eigenvalue weighted by molar-refractivity contribution is 0.0695. The summed E-state index contributed by atoms with van der Waals surface area (Å²) >= 11 is 3.14. The Kier molecular flexibility index (Phi) is 3.82. The maximum absolute atomic E-state index is 13.4. The van der Waals surface area contributed by atoms with E-state index in [1.165, 1.54) is 6.07 Å². The minimum Gasteiger partial charge on any atom is -0.339 e. The zero-order chi connectivity index (χ0) is 12.4. The molecule has 0 spiro atoms. The first-order valence-corrected chi connectivity index (χ1v) is 6.62. The molecule has 0 bridgehead atoms. The molecule has 0 saturated carbocycles. The molecule has 1 heterocycles. The van der Waals surface area contributed by atoms with Crippen LogP contribution in [0.4, 0.5) is 4.39 Å². The second kappa shape index (κ2) is 5.17. The highest BCUT2D eigenvalue weighted by molar-refractivity contribution is 9.10. The summed E-state index contributed by atoms with van der Waals surface area (Å²) in [6, 6.07) is 4.58. The van der Waals surface area contributed by atoms with E-state index in [0.717, 1.165) is 25.9 Å². The lowest BCUT2D eigenvalue weighted by Crippen LogP contribution is -2.38. The van der Waals surface area contributed by atoms with Crippen molar-refractivity contribution in [2.24, 2.45) is 5.92 Å². The van der Waals surface area contributed by atoms with E-state index in [-0.39, 0.29) is 16.2 Å². The van der Waals surface area contributed by atoms with Gasteiger partial charge in [-0.05, 0) is 46.8 Å². The molecule has 2 nitrogen and oxygen atoms in total. The molecule has 2 rings (SSSR count). The van der Waals surface area contributed by atoms with Gasteiger partial charge in [-0.1, -0.05) is 13.0 Å². The first kappa shape index (κ1) is 12.6. The van der Waals surface area contributed by atoms with Gasteiger partial charge in [0, 0.05) is 13.1 Å². The van der Waals surface area contributed by atoms with Crippen molar-refractivity contribution in [1.29, 1.82) is 0 Å². The van der Waals surface area contributed by atoms with Gasteiger partial charge in [0.25, 0.3) is 5.91 Å². The molecule has 1 saturated heterocycles. The lowest BCUT2D eigenvalue weighted by atomic mass is 9.98. The van der Waals surface area contributed by atoms with Gasteiger partial charge in [-0.25, -0.2) is 4.39 Å². The number of amides is 1. The van der Waals surface area contributed by atoms with E-state index < -0.39 is 0 Å². The van der Waals surface area contributed by atoms with Crippen molar-refractivity contribution in [3.63, 3.8) is 0 Å². The molecule has 4 heteroatoms. The fraction of sp³-hybridized carbons (Fsp3) is 0.462. The monoisotopic (exact) mass is 299 g/mol. The van der Waals surface area contributed by atoms with Gasteiger partial charge in [0.15, 0.2) is 0 Å². The Morgan fingerprint density at radius 3 is 2.71 bits per heavy atom. The summed E-state index contributed by atoms with van der Waals surface area (Å²) in [6.45, 7) is 3.73. The van der Waals surface area contributed by atoms with Crippen molar-refractivity contribution < 1.29 is 9.18 Å². The summed E-state index contributed by atoms with van der Waals surface area (Å²) in [4.78, 5) is 14.0. The summed E-state index contributed by atoms with van der Waals surface area (Å²) in [5.41, 5.74) is 0.416. The topological polar surface area (TPSA) is 20.3 Å². The molecule has 1 fully saturated rings. The van der Waals surface area contributed by atoms with Gasteiger partial charge in [0.1, 0.15) is 5.82 Å². The molecule has 0 unspecified atom stereocenters. The van der Waals surface area contributed by atoms with Crippen LogP contribution in [0, 0.1) is 11.7 Å². The van der Waals surface area contributed by atoms with Crippen molar-refractivity contribution in [1.82, 2.24) is 4.90 Å². The number of hydrogen-bond acceptors (Lipinski definition) is 1. The van der Waals surface area contributed by atoms with Crippen LogP contribution in [-0.2, 0) is 0 Å². The Morgan fingerprint density at radius 1 is 1.41 bits per heavy atom. The molecule has 0 radical (unpaired) electrons. The van der Waals surface area contributed by atoms with E-state index in [1.807, 2.05) is 0 Å². The fourth-order valence-electron chi connectivity index (χ4n) is 2.05. The highest BCUT2D eigenvalue weighted by Crippen LogP contribution is 2.24. The molecule has 1 aliphatic rings. The van der Waals surface area contributed by atoms with Crippen molar-refractivity contribution in [3.8, 4) is 0 Å². The number of nitrogens with zero attached hydrogens (tertiary/aromatic N) is 1. The van der Waals surface area contributed by atoms with Crippen LogP contribution in [0.25, 0.3) is 0 Å². The van der Waals surface area contributed by atoms with Crippen LogP contribution in [0.3, 0.4) is 0 Å². The molecule has 1 aromatic rings. The molecule has 0 atom stereocenters. The number of likely N-dealkylation sites (tertiary alicyclic amines) is 1. The summed E-state index contributed by atoms with van der Waals surface area (Å²) in [5, 5.41) is 0. The number of benzene rings is 1. The van der Waals surface area contributed by atoms with E-state index in [9.17, 15) is 9.18 Å². The molecule has 0 aliphatic carbocycles. The molecule has 0 aromatic heterocycles. The van der Waals surface area contributed by atoms with Crippen LogP contribution >= 0.6 is 15.9 Å². The van der Waals surface area contributed by atoms with Gasteiger partial charge >= 0.3 is 0 Å². The Hall–Kier alpha value is -0.900. The first-order valence-electron chi connectivity index (χ1n) is 5.83. The zero-order valence-corrected chi connectivity index (χ0v) is 11.3. The number of rotatable bonds is 1. The van der Waals surface area contributed by atoms with E-state index in [0.29, 0.717) is 11.5 Å². The second-order valence-electron chi connectivity index (χ2n) is 4.58. The second-order valence-corrected chi connectivity index (χ2v) is 5.37. The highest BCUT2D eigenvalue weighted by Gasteiger charge is 2.23. The van der Waals surface area contributed by atoms with Gasteiger partial charge in [-0.15, -0.1) is 0 Å². The molecule has 1 aliphatic heterocycles. The molecule has 1 amide bonds. The van der Waals surface area contributed by atoms with Crippen LogP contribution in [0.15, 0.2) is 22.7 Å². The van der Waals surface area contributed by atoms with Crippen molar-refractivity contribution >= 4 is 21.8 Å². The predicted molar refractivity (Wildman–Crippen MR) is 68.4 cm³/mol. The van der Waals surface area contributed by atoms with E-state index in [4.69, 9.17) is 0 Å². The van der Waals surface area contributed by atoms with E-state index >= 15 is 0 Å². The summed E-state index contributed by atoms with van der Waals surface area (Å²) in [7, 11) is 0. The maximum atomic E-state index is 13.4. The third kappa shape index (κ3) is 2.68. The number of hydrogen-bond donors (Lipinski definition) is 0. The van der Waals surface area contributed by atoms with Gasteiger partial charge in [0.2, 0.25) is 0 Å². The number of carbonyl (C=O) groups is 1. The quantitative estimate of drug-likeness (QED) is 0.778. The SMILES string of the molecule is CC1CCN(C(=O)c2cccc(F)c2Br)CC1. The number of carbonyl (C=O) groups excluding carboxylic acids is 1. The highest BCUT2D eigenvalue weighted by atomic mass is 79.9. The lowest BCUT2D eigenvalue weighted by Gasteiger charge is -2.30. The Bertz CT molecular complexity index is 427. The van der Waals surface area contributed by atoms with E-state index in [1.54, 1.807) is 17.0 Å². The minimum absolute atomic E-state index is 0.0803. The van der Waals surface area contributed by atoms with Crippen LogP contribution in [0.5, 0.6) is 0 Å². The Morgan fingerprint density at radius 2 is 2.06 bits per heavy atom. The molecule has 92 valence electrons. The predicted octanol–water partition coefficient (Wildman–Crippen LogP) is 3.46. The number of halogens is 2. The molecule has 0 N–H and O–H groups in total. The van der Waals surface area contributed by atoms with Crippen molar-refractivity contribution in [2.75, 3.05) is 13.1 Å². The Balaban J connectivity index is 2.17. The number of piperidine rings is 1. The smallest absolute Gasteiger partial charge is 0.255 e. The van der Waals surface area contributed by atoms with Crippen LogP contribution in [-0.4, -0.2) is 23.9 Å². The van der Waals surface area contributed by atoms with Crippen LogP contribution in [0.2, 0.25) is 0 Å². The van der Waals surface area contributed by atoms with Gasteiger partial charge in [0.05, 0.1) is 10.0 Å².